The molecule has 3 aromatic rings. The average Bonchev–Trinajstić information content (AvgIpc) is 3.03. The van der Waals surface area contributed by atoms with Crippen LogP contribution >= 0.6 is 11.6 Å². The monoisotopic (exact) mass is 667 g/mol. The third-order valence-electron chi connectivity index (χ3n) is 8.61. The number of carbonyl (C=O) groups excluding carboxylic acids is 2. The van der Waals surface area contributed by atoms with Crippen molar-refractivity contribution in [2.24, 2.45) is 5.92 Å². The van der Waals surface area contributed by atoms with Gasteiger partial charge in [-0.3, -0.25) is 14.2 Å². The fourth-order valence-corrected chi connectivity index (χ4v) is 6.36. The third kappa shape index (κ3) is 8.17. The molecule has 2 aromatic carbocycles. The van der Waals surface area contributed by atoms with Crippen molar-refractivity contribution in [3.63, 3.8) is 0 Å². The normalized spacial score (nSPS) is 19.6. The van der Waals surface area contributed by atoms with Crippen LogP contribution in [-0.2, 0) is 16.1 Å². The highest BCUT2D eigenvalue weighted by Gasteiger charge is 2.42. The van der Waals surface area contributed by atoms with Gasteiger partial charge in [-0.1, -0.05) is 41.9 Å². The quantitative estimate of drug-likeness (QED) is 0.366. The predicted octanol–water partition coefficient (Wildman–Crippen LogP) is 4.67. The van der Waals surface area contributed by atoms with Gasteiger partial charge in [0.05, 0.1) is 19.3 Å². The molecule has 3 N–H and O–H groups in total. The summed E-state index contributed by atoms with van der Waals surface area (Å²) in [5.74, 6) is 0.133. The van der Waals surface area contributed by atoms with E-state index in [1.54, 1.807) is 28.0 Å². The summed E-state index contributed by atoms with van der Waals surface area (Å²) in [5.41, 5.74) is 4.44. The standard InChI is InChI=1S/C34H42ClN5O7/c1-33(2,3)47-32(43)39-13-10-26(27(19-39)22-8-6-5-7-9-22)30(41)38-14-11-34(44,12-15-38)20-40-21-37-29(28(36)31(40)42)46-25-17-23(35)16-24(18-25)45-4/h5-9,16-18,21,26-27,44H,10-15,19-20,36H2,1-4H3/t26-,27+/m1/s1. The highest BCUT2D eigenvalue weighted by Crippen LogP contribution is 2.36. The Hall–Kier alpha value is -4.29. The maximum Gasteiger partial charge on any atom is 0.410 e. The Balaban J connectivity index is 1.24. The van der Waals surface area contributed by atoms with Crippen molar-refractivity contribution >= 4 is 29.3 Å². The molecule has 2 amide bonds. The van der Waals surface area contributed by atoms with Gasteiger partial charge in [-0.2, -0.15) is 0 Å². The molecule has 2 aliphatic heterocycles. The van der Waals surface area contributed by atoms with Gasteiger partial charge in [0.25, 0.3) is 5.56 Å². The van der Waals surface area contributed by atoms with E-state index in [1.165, 1.54) is 18.0 Å². The van der Waals surface area contributed by atoms with Gasteiger partial charge < -0.3 is 34.9 Å². The van der Waals surface area contributed by atoms with E-state index in [2.05, 4.69) is 4.98 Å². The van der Waals surface area contributed by atoms with Crippen LogP contribution in [0.2, 0.25) is 5.02 Å². The van der Waals surface area contributed by atoms with E-state index in [0.717, 1.165) is 5.56 Å². The Morgan fingerprint density at radius 2 is 1.74 bits per heavy atom. The van der Waals surface area contributed by atoms with Gasteiger partial charge in [-0.25, -0.2) is 9.78 Å². The van der Waals surface area contributed by atoms with E-state index in [0.29, 0.717) is 49.1 Å². The Morgan fingerprint density at radius 1 is 1.06 bits per heavy atom. The number of nitrogens with two attached hydrogens (primary N) is 1. The Bertz CT molecular complexity index is 1650. The van der Waals surface area contributed by atoms with Crippen LogP contribution in [0.1, 0.15) is 51.5 Å². The first kappa shape index (κ1) is 34.1. The molecule has 2 saturated heterocycles. The lowest BCUT2D eigenvalue weighted by Crippen LogP contribution is -2.53. The number of nitrogen functional groups attached to an aromatic ring is 1. The first-order valence-electron chi connectivity index (χ1n) is 15.7. The van der Waals surface area contributed by atoms with Gasteiger partial charge in [-0.05, 0) is 57.7 Å². The lowest BCUT2D eigenvalue weighted by molar-refractivity contribution is -0.142. The van der Waals surface area contributed by atoms with Crippen molar-refractivity contribution in [2.45, 2.75) is 63.7 Å². The van der Waals surface area contributed by atoms with E-state index in [4.69, 9.17) is 31.5 Å². The van der Waals surface area contributed by atoms with E-state index < -0.39 is 16.8 Å². The highest BCUT2D eigenvalue weighted by atomic mass is 35.5. The highest BCUT2D eigenvalue weighted by molar-refractivity contribution is 6.30. The molecule has 0 aliphatic carbocycles. The molecular formula is C34H42ClN5O7. The zero-order chi connectivity index (χ0) is 33.9. The molecular weight excluding hydrogens is 626 g/mol. The van der Waals surface area contributed by atoms with Gasteiger partial charge in [0.2, 0.25) is 11.8 Å². The summed E-state index contributed by atoms with van der Waals surface area (Å²) in [6.07, 6.45) is 1.92. The van der Waals surface area contributed by atoms with Crippen molar-refractivity contribution in [3.05, 3.63) is 75.8 Å². The van der Waals surface area contributed by atoms with Crippen LogP contribution in [0.15, 0.2) is 59.7 Å². The number of amides is 2. The van der Waals surface area contributed by atoms with E-state index in [-0.39, 0.29) is 54.8 Å². The van der Waals surface area contributed by atoms with E-state index >= 15 is 0 Å². The second-order valence-electron chi connectivity index (χ2n) is 13.2. The van der Waals surface area contributed by atoms with Crippen molar-refractivity contribution in [1.82, 2.24) is 19.4 Å². The number of halogens is 1. The minimum atomic E-state index is -1.25. The number of aliphatic hydroxyl groups is 1. The minimum Gasteiger partial charge on any atom is -0.497 e. The summed E-state index contributed by atoms with van der Waals surface area (Å²) in [6.45, 7) is 6.87. The van der Waals surface area contributed by atoms with Gasteiger partial charge in [0.1, 0.15) is 23.4 Å². The maximum absolute atomic E-state index is 14.0. The number of ether oxygens (including phenoxy) is 3. The predicted molar refractivity (Wildman–Crippen MR) is 177 cm³/mol. The molecule has 0 radical (unpaired) electrons. The fourth-order valence-electron chi connectivity index (χ4n) is 6.14. The summed E-state index contributed by atoms with van der Waals surface area (Å²) < 4.78 is 17.8. The van der Waals surface area contributed by atoms with Crippen molar-refractivity contribution in [3.8, 4) is 17.4 Å². The molecule has 0 bridgehead atoms. The Labute approximate surface area is 279 Å². The molecule has 5 rings (SSSR count). The van der Waals surface area contributed by atoms with Gasteiger partial charge in [0, 0.05) is 49.1 Å². The molecule has 1 aromatic heterocycles. The molecule has 0 spiro atoms. The van der Waals surface area contributed by atoms with E-state index in [9.17, 15) is 19.5 Å². The number of nitrogens with zero attached hydrogens (tertiary/aromatic N) is 4. The van der Waals surface area contributed by atoms with Crippen LogP contribution in [0.4, 0.5) is 10.5 Å². The summed E-state index contributed by atoms with van der Waals surface area (Å²) in [4.78, 5) is 47.7. The van der Waals surface area contributed by atoms with E-state index in [1.807, 2.05) is 51.1 Å². The van der Waals surface area contributed by atoms with Gasteiger partial charge in [-0.15, -0.1) is 0 Å². The number of aromatic nitrogens is 2. The number of carbonyl (C=O) groups is 2. The molecule has 2 aliphatic rings. The third-order valence-corrected chi connectivity index (χ3v) is 8.83. The number of hydrogen-bond donors (Lipinski definition) is 2. The van der Waals surface area contributed by atoms with Crippen LogP contribution in [-0.4, -0.2) is 80.9 Å². The van der Waals surface area contributed by atoms with Gasteiger partial charge in [0.15, 0.2) is 5.69 Å². The fraction of sp³-hybridized carbons (Fsp3) is 0.471. The van der Waals surface area contributed by atoms with Crippen LogP contribution in [0, 0.1) is 5.92 Å². The van der Waals surface area contributed by atoms with Crippen LogP contribution < -0.4 is 20.8 Å². The van der Waals surface area contributed by atoms with Crippen molar-refractivity contribution in [2.75, 3.05) is 39.0 Å². The number of methoxy groups -OCH3 is 1. The number of likely N-dealkylation sites (tertiary alicyclic amines) is 2. The molecule has 2 atom stereocenters. The topological polar surface area (TPSA) is 149 Å². The number of piperidine rings is 2. The number of hydrogen-bond acceptors (Lipinski definition) is 9. The molecule has 0 unspecified atom stereocenters. The first-order chi connectivity index (χ1) is 22.2. The Kier molecular flexibility index (Phi) is 10.0. The lowest BCUT2D eigenvalue weighted by Gasteiger charge is -2.43. The summed E-state index contributed by atoms with van der Waals surface area (Å²) in [5, 5.41) is 11.9. The molecule has 252 valence electrons. The second-order valence-corrected chi connectivity index (χ2v) is 13.7. The minimum absolute atomic E-state index is 0.00744. The van der Waals surface area contributed by atoms with Gasteiger partial charge >= 0.3 is 6.09 Å². The average molecular weight is 668 g/mol. The lowest BCUT2D eigenvalue weighted by atomic mass is 9.79. The largest absolute Gasteiger partial charge is 0.497 e. The molecule has 2 fully saturated rings. The zero-order valence-electron chi connectivity index (χ0n) is 27.1. The van der Waals surface area contributed by atoms with Crippen molar-refractivity contribution < 1.29 is 28.9 Å². The smallest absolute Gasteiger partial charge is 0.410 e. The number of rotatable bonds is 7. The van der Waals surface area contributed by atoms with Crippen LogP contribution in [0.3, 0.4) is 0 Å². The molecule has 13 heteroatoms. The zero-order valence-corrected chi connectivity index (χ0v) is 27.9. The first-order valence-corrected chi connectivity index (χ1v) is 16.0. The second kappa shape index (κ2) is 13.8. The SMILES string of the molecule is COc1cc(Cl)cc(Oc2ncn(CC3(O)CCN(C(=O)[C@@H]4CCN(C(=O)OC(C)(C)C)C[C@H]4c4ccccc4)CC3)c(=O)c2N)c1. The molecule has 0 saturated carbocycles. The summed E-state index contributed by atoms with van der Waals surface area (Å²) in [7, 11) is 1.49. The summed E-state index contributed by atoms with van der Waals surface area (Å²) in [6, 6.07) is 14.5. The van der Waals surface area contributed by atoms with Crippen LogP contribution in [0.25, 0.3) is 0 Å². The number of benzene rings is 2. The van der Waals surface area contributed by atoms with Crippen LogP contribution in [0.5, 0.6) is 17.4 Å². The molecule has 12 nitrogen and oxygen atoms in total. The molecule has 3 heterocycles. The molecule has 47 heavy (non-hydrogen) atoms. The maximum atomic E-state index is 14.0. The van der Waals surface area contributed by atoms with Crippen molar-refractivity contribution in [1.29, 1.82) is 0 Å². The summed E-state index contributed by atoms with van der Waals surface area (Å²) >= 11 is 6.11. The number of anilines is 1. The Morgan fingerprint density at radius 3 is 2.40 bits per heavy atom.